The first kappa shape index (κ1) is 23.3. The molecule has 1 aromatic heterocycles. The summed E-state index contributed by atoms with van der Waals surface area (Å²) in [6.45, 7) is 4.05. The van der Waals surface area contributed by atoms with Gasteiger partial charge in [-0.2, -0.15) is 0 Å². The number of hydrogen-bond donors (Lipinski definition) is 2. The van der Waals surface area contributed by atoms with E-state index in [9.17, 15) is 9.59 Å². The molecule has 0 aliphatic carbocycles. The maximum absolute atomic E-state index is 12.5. The van der Waals surface area contributed by atoms with Gasteiger partial charge in [0.1, 0.15) is 0 Å². The van der Waals surface area contributed by atoms with E-state index in [0.717, 1.165) is 17.2 Å². The molecule has 0 radical (unpaired) electrons. The first-order valence-electron chi connectivity index (χ1n) is 10.8. The highest BCUT2D eigenvalue weighted by Crippen LogP contribution is 2.23. The number of amides is 1. The molecular weight excluding hydrogens is 446 g/mol. The molecule has 0 saturated carbocycles. The number of benzene rings is 3. The molecule has 34 heavy (non-hydrogen) atoms. The third-order valence-corrected chi connectivity index (χ3v) is 6.02. The SMILES string of the molecule is CC(=O)c1ccc(NC(=O)CSc2nnc(CNc3cccc(C)c3)n2-c2ccccc2)cc1. The zero-order valence-corrected chi connectivity index (χ0v) is 19.8. The number of nitrogens with zero attached hydrogens (tertiary/aromatic N) is 3. The predicted molar refractivity (Wildman–Crippen MR) is 136 cm³/mol. The Kier molecular flexibility index (Phi) is 7.39. The van der Waals surface area contributed by atoms with E-state index in [0.29, 0.717) is 23.0 Å². The number of rotatable bonds is 9. The summed E-state index contributed by atoms with van der Waals surface area (Å²) in [4.78, 5) is 24.0. The minimum Gasteiger partial charge on any atom is -0.378 e. The Labute approximate surface area is 202 Å². The highest BCUT2D eigenvalue weighted by molar-refractivity contribution is 7.99. The van der Waals surface area contributed by atoms with Crippen LogP contribution in [0.2, 0.25) is 0 Å². The minimum atomic E-state index is -0.164. The number of hydrogen-bond acceptors (Lipinski definition) is 6. The van der Waals surface area contributed by atoms with E-state index >= 15 is 0 Å². The lowest BCUT2D eigenvalue weighted by Crippen LogP contribution is -2.15. The fraction of sp³-hybridized carbons (Fsp3) is 0.154. The Balaban J connectivity index is 1.46. The number of nitrogens with one attached hydrogen (secondary N) is 2. The quantitative estimate of drug-likeness (QED) is 0.260. The van der Waals surface area contributed by atoms with Gasteiger partial charge in [-0.3, -0.25) is 14.2 Å². The molecule has 0 unspecified atom stereocenters. The number of para-hydroxylation sites is 1. The summed E-state index contributed by atoms with van der Waals surface area (Å²) in [5.74, 6) is 0.740. The zero-order chi connectivity index (χ0) is 23.9. The van der Waals surface area contributed by atoms with Gasteiger partial charge in [-0.05, 0) is 67.9 Å². The lowest BCUT2D eigenvalue weighted by molar-refractivity contribution is -0.113. The summed E-state index contributed by atoms with van der Waals surface area (Å²) >= 11 is 1.32. The van der Waals surface area contributed by atoms with Gasteiger partial charge in [-0.25, -0.2) is 0 Å². The van der Waals surface area contributed by atoms with Crippen LogP contribution in [0.15, 0.2) is 84.0 Å². The second-order valence-electron chi connectivity index (χ2n) is 7.76. The summed E-state index contributed by atoms with van der Waals surface area (Å²) in [6.07, 6.45) is 0. The van der Waals surface area contributed by atoms with Gasteiger partial charge in [0.25, 0.3) is 0 Å². The number of anilines is 2. The number of ketones is 1. The van der Waals surface area contributed by atoms with Crippen LogP contribution in [0.25, 0.3) is 5.69 Å². The fourth-order valence-electron chi connectivity index (χ4n) is 3.40. The lowest BCUT2D eigenvalue weighted by Gasteiger charge is -2.12. The summed E-state index contributed by atoms with van der Waals surface area (Å²) < 4.78 is 1.96. The Bertz CT molecular complexity index is 1290. The molecule has 0 spiro atoms. The van der Waals surface area contributed by atoms with Crippen LogP contribution in [0, 0.1) is 6.92 Å². The van der Waals surface area contributed by atoms with Crippen molar-refractivity contribution in [3.05, 3.63) is 95.8 Å². The summed E-state index contributed by atoms with van der Waals surface area (Å²) in [5, 5.41) is 15.6. The van der Waals surface area contributed by atoms with Crippen LogP contribution in [0.1, 0.15) is 28.7 Å². The summed E-state index contributed by atoms with van der Waals surface area (Å²) in [6, 6.07) is 24.8. The van der Waals surface area contributed by atoms with Crippen LogP contribution in [0.5, 0.6) is 0 Å². The third-order valence-electron chi connectivity index (χ3n) is 5.09. The Morgan fingerprint density at radius 1 is 0.912 bits per heavy atom. The van der Waals surface area contributed by atoms with E-state index in [2.05, 4.69) is 39.9 Å². The van der Waals surface area contributed by atoms with Crippen molar-refractivity contribution in [2.75, 3.05) is 16.4 Å². The van der Waals surface area contributed by atoms with E-state index in [1.165, 1.54) is 24.2 Å². The molecule has 0 aliphatic rings. The molecule has 0 aliphatic heterocycles. The number of carbonyl (C=O) groups is 2. The van der Waals surface area contributed by atoms with E-state index in [-0.39, 0.29) is 17.4 Å². The summed E-state index contributed by atoms with van der Waals surface area (Å²) in [5.41, 5.74) is 4.36. The molecule has 7 nitrogen and oxygen atoms in total. The standard InChI is InChI=1S/C26H25N5O2S/c1-18-7-6-8-22(15-18)27-16-24-29-30-26(31(24)23-9-4-3-5-10-23)34-17-25(33)28-21-13-11-20(12-14-21)19(2)32/h3-15,27H,16-17H2,1-2H3,(H,28,33). The maximum Gasteiger partial charge on any atom is 0.234 e. The fourth-order valence-corrected chi connectivity index (χ4v) is 4.17. The molecule has 0 saturated heterocycles. The molecule has 8 heteroatoms. The molecule has 0 bridgehead atoms. The maximum atomic E-state index is 12.5. The molecule has 0 atom stereocenters. The number of carbonyl (C=O) groups excluding carboxylic acids is 2. The van der Waals surface area contributed by atoms with Crippen molar-refractivity contribution < 1.29 is 9.59 Å². The summed E-state index contributed by atoms with van der Waals surface area (Å²) in [7, 11) is 0. The molecule has 1 amide bonds. The number of Topliss-reactive ketones (excluding diaryl/α,β-unsaturated/α-hetero) is 1. The predicted octanol–water partition coefficient (Wildman–Crippen LogP) is 5.12. The van der Waals surface area contributed by atoms with Crippen molar-refractivity contribution in [2.24, 2.45) is 0 Å². The molecule has 4 rings (SSSR count). The van der Waals surface area contributed by atoms with E-state index in [1.807, 2.05) is 47.0 Å². The second-order valence-corrected chi connectivity index (χ2v) is 8.71. The van der Waals surface area contributed by atoms with Crippen molar-refractivity contribution >= 4 is 34.8 Å². The highest BCUT2D eigenvalue weighted by Gasteiger charge is 2.16. The van der Waals surface area contributed by atoms with Crippen LogP contribution >= 0.6 is 11.8 Å². The number of aryl methyl sites for hydroxylation is 1. The minimum absolute atomic E-state index is 0.0126. The van der Waals surface area contributed by atoms with Crippen molar-refractivity contribution in [2.45, 2.75) is 25.5 Å². The van der Waals surface area contributed by atoms with Gasteiger partial charge in [0.05, 0.1) is 12.3 Å². The average molecular weight is 472 g/mol. The van der Waals surface area contributed by atoms with Crippen LogP contribution in [-0.2, 0) is 11.3 Å². The third kappa shape index (κ3) is 5.90. The first-order chi connectivity index (χ1) is 16.5. The van der Waals surface area contributed by atoms with E-state index in [4.69, 9.17) is 0 Å². The van der Waals surface area contributed by atoms with Crippen molar-refractivity contribution in [3.8, 4) is 5.69 Å². The van der Waals surface area contributed by atoms with Crippen LogP contribution in [0.4, 0.5) is 11.4 Å². The Hall–Kier alpha value is -3.91. The molecule has 1 heterocycles. The molecular formula is C26H25N5O2S. The topological polar surface area (TPSA) is 88.9 Å². The Morgan fingerprint density at radius 2 is 1.68 bits per heavy atom. The zero-order valence-electron chi connectivity index (χ0n) is 19.0. The normalized spacial score (nSPS) is 10.6. The van der Waals surface area contributed by atoms with Gasteiger partial charge in [-0.1, -0.05) is 42.1 Å². The molecule has 4 aromatic rings. The van der Waals surface area contributed by atoms with Gasteiger partial charge in [0.15, 0.2) is 16.8 Å². The average Bonchev–Trinajstić information content (AvgIpc) is 3.25. The lowest BCUT2D eigenvalue weighted by atomic mass is 10.1. The van der Waals surface area contributed by atoms with Crippen LogP contribution in [-0.4, -0.2) is 32.2 Å². The number of thioether (sulfide) groups is 1. The van der Waals surface area contributed by atoms with Crippen molar-refractivity contribution in [3.63, 3.8) is 0 Å². The van der Waals surface area contributed by atoms with E-state index in [1.54, 1.807) is 24.3 Å². The van der Waals surface area contributed by atoms with Gasteiger partial charge in [-0.15, -0.1) is 10.2 Å². The Morgan fingerprint density at radius 3 is 2.38 bits per heavy atom. The monoisotopic (exact) mass is 471 g/mol. The van der Waals surface area contributed by atoms with Crippen LogP contribution < -0.4 is 10.6 Å². The number of aromatic nitrogens is 3. The van der Waals surface area contributed by atoms with Crippen molar-refractivity contribution in [1.29, 1.82) is 0 Å². The molecule has 3 aromatic carbocycles. The molecule has 172 valence electrons. The molecule has 2 N–H and O–H groups in total. The molecule has 0 fully saturated rings. The van der Waals surface area contributed by atoms with Gasteiger partial charge < -0.3 is 10.6 Å². The smallest absolute Gasteiger partial charge is 0.234 e. The van der Waals surface area contributed by atoms with Gasteiger partial charge in [0.2, 0.25) is 5.91 Å². The second kappa shape index (κ2) is 10.8. The van der Waals surface area contributed by atoms with Crippen LogP contribution in [0.3, 0.4) is 0 Å². The highest BCUT2D eigenvalue weighted by atomic mass is 32.2. The first-order valence-corrected chi connectivity index (χ1v) is 11.8. The van der Waals surface area contributed by atoms with Gasteiger partial charge >= 0.3 is 0 Å². The largest absolute Gasteiger partial charge is 0.378 e. The van der Waals surface area contributed by atoms with E-state index < -0.39 is 0 Å². The van der Waals surface area contributed by atoms with Gasteiger partial charge in [0, 0.05) is 22.6 Å². The van der Waals surface area contributed by atoms with Crippen molar-refractivity contribution in [1.82, 2.24) is 14.8 Å².